The average Bonchev–Trinajstić information content (AvgIpc) is 2.20. The molecule has 0 saturated heterocycles. The van der Waals surface area contributed by atoms with E-state index in [-0.39, 0.29) is 0 Å². The molecule has 0 aromatic rings. The number of ether oxygens (including phenoxy) is 1. The van der Waals surface area contributed by atoms with Crippen LogP contribution in [0.5, 0.6) is 0 Å². The van der Waals surface area contributed by atoms with Crippen LogP contribution in [0.15, 0.2) is 0 Å². The van der Waals surface area contributed by atoms with Gasteiger partial charge in [-0.25, -0.2) is 0 Å². The normalized spacial score (nSPS) is 37.0. The second kappa shape index (κ2) is 5.23. The Labute approximate surface area is 131 Å². The predicted octanol–water partition coefficient (Wildman–Crippen LogP) is 4.53. The van der Waals surface area contributed by atoms with Gasteiger partial charge in [-0.15, -0.1) is 0 Å². The molecule has 0 amide bonds. The van der Waals surface area contributed by atoms with Gasteiger partial charge in [-0.1, -0.05) is 34.1 Å². The van der Waals surface area contributed by atoms with Crippen LogP contribution in [0.4, 0.5) is 0 Å². The minimum atomic E-state index is 0.481. The van der Waals surface area contributed by atoms with Gasteiger partial charge in [-0.2, -0.15) is 0 Å². The van der Waals surface area contributed by atoms with Gasteiger partial charge in [-0.05, 0) is 56.3 Å². The van der Waals surface area contributed by atoms with Crippen LogP contribution < -0.4 is 5.32 Å². The first-order valence-electron chi connectivity index (χ1n) is 9.14. The molecule has 2 atom stereocenters. The van der Waals surface area contributed by atoms with Gasteiger partial charge in [0, 0.05) is 24.1 Å². The van der Waals surface area contributed by atoms with E-state index in [2.05, 4.69) is 39.9 Å². The van der Waals surface area contributed by atoms with Crippen LogP contribution >= 0.6 is 0 Å². The maximum atomic E-state index is 6.00. The fourth-order valence-corrected chi connectivity index (χ4v) is 5.92. The van der Waals surface area contributed by atoms with E-state index < -0.39 is 0 Å². The van der Waals surface area contributed by atoms with Gasteiger partial charge >= 0.3 is 0 Å². The van der Waals surface area contributed by atoms with Gasteiger partial charge in [-0.3, -0.25) is 0 Å². The molecule has 0 heterocycles. The minimum Gasteiger partial charge on any atom is -0.378 e. The third-order valence-corrected chi connectivity index (χ3v) is 6.43. The van der Waals surface area contributed by atoms with Gasteiger partial charge < -0.3 is 10.1 Å². The van der Waals surface area contributed by atoms with Crippen LogP contribution in [0.25, 0.3) is 0 Å². The van der Waals surface area contributed by atoms with Gasteiger partial charge in [0.1, 0.15) is 0 Å². The minimum absolute atomic E-state index is 0.481. The molecule has 21 heavy (non-hydrogen) atoms. The number of nitrogens with one attached hydrogen (secondary N) is 1. The molecule has 2 nitrogen and oxygen atoms in total. The standard InChI is InChI=1S/C19H35NO/c1-6-21-16-10-15(19(16)8-7-9-19)20-14-11-17(2,3)13-18(4,5)12-14/h14-16,20H,6-13H2,1-5H3. The second-order valence-electron chi connectivity index (χ2n) is 9.60. The van der Waals surface area contributed by atoms with E-state index in [9.17, 15) is 0 Å². The van der Waals surface area contributed by atoms with Crippen LogP contribution in [0.1, 0.15) is 79.6 Å². The number of hydrogen-bond donors (Lipinski definition) is 1. The monoisotopic (exact) mass is 293 g/mol. The number of hydrogen-bond acceptors (Lipinski definition) is 2. The maximum absolute atomic E-state index is 6.00. The van der Waals surface area contributed by atoms with Crippen molar-refractivity contribution < 1.29 is 4.74 Å². The summed E-state index contributed by atoms with van der Waals surface area (Å²) in [5.41, 5.74) is 1.46. The molecule has 0 aromatic heterocycles. The molecule has 2 heteroatoms. The van der Waals surface area contributed by atoms with E-state index in [1.807, 2.05) is 0 Å². The van der Waals surface area contributed by atoms with Crippen molar-refractivity contribution in [2.45, 2.75) is 97.8 Å². The summed E-state index contributed by atoms with van der Waals surface area (Å²) in [5, 5.41) is 4.07. The van der Waals surface area contributed by atoms with Crippen molar-refractivity contribution in [3.8, 4) is 0 Å². The van der Waals surface area contributed by atoms with Gasteiger partial charge in [0.25, 0.3) is 0 Å². The summed E-state index contributed by atoms with van der Waals surface area (Å²) < 4.78 is 6.00. The van der Waals surface area contributed by atoms with Crippen LogP contribution in [0.2, 0.25) is 0 Å². The Morgan fingerprint density at radius 1 is 1.05 bits per heavy atom. The van der Waals surface area contributed by atoms with Crippen molar-refractivity contribution >= 4 is 0 Å². The molecule has 0 aromatic carbocycles. The van der Waals surface area contributed by atoms with Gasteiger partial charge in [0.15, 0.2) is 0 Å². The van der Waals surface area contributed by atoms with Crippen LogP contribution in [0, 0.1) is 16.2 Å². The Kier molecular flexibility index (Phi) is 3.94. The lowest BCUT2D eigenvalue weighted by atomic mass is 9.50. The Balaban J connectivity index is 1.62. The first-order chi connectivity index (χ1) is 9.76. The molecule has 3 aliphatic rings. The van der Waals surface area contributed by atoms with Crippen molar-refractivity contribution in [1.29, 1.82) is 0 Å². The van der Waals surface area contributed by atoms with E-state index in [1.54, 1.807) is 0 Å². The SMILES string of the molecule is CCOC1CC(NC2CC(C)(C)CC(C)(C)C2)C12CCC2. The molecule has 1 N–H and O–H groups in total. The fourth-order valence-electron chi connectivity index (χ4n) is 5.92. The van der Waals surface area contributed by atoms with Crippen LogP contribution in [-0.2, 0) is 4.74 Å². The Hall–Kier alpha value is -0.0800. The Bertz CT molecular complexity index is 367. The Morgan fingerprint density at radius 3 is 2.14 bits per heavy atom. The summed E-state index contributed by atoms with van der Waals surface area (Å²) in [6, 6.07) is 1.42. The highest BCUT2D eigenvalue weighted by molar-refractivity contribution is 5.13. The van der Waals surface area contributed by atoms with Crippen LogP contribution in [0.3, 0.4) is 0 Å². The lowest BCUT2D eigenvalue weighted by Crippen LogP contribution is -2.68. The van der Waals surface area contributed by atoms with E-state index >= 15 is 0 Å². The third kappa shape index (κ3) is 2.91. The molecule has 3 rings (SSSR count). The summed E-state index contributed by atoms with van der Waals surface area (Å²) in [5.74, 6) is 0. The summed E-state index contributed by atoms with van der Waals surface area (Å²) in [4.78, 5) is 0. The predicted molar refractivity (Wildman–Crippen MR) is 88.4 cm³/mol. The van der Waals surface area contributed by atoms with Crippen molar-refractivity contribution in [3.05, 3.63) is 0 Å². The third-order valence-electron chi connectivity index (χ3n) is 6.43. The zero-order valence-corrected chi connectivity index (χ0v) is 14.8. The fraction of sp³-hybridized carbons (Fsp3) is 1.00. The van der Waals surface area contributed by atoms with Gasteiger partial charge in [0.05, 0.1) is 6.10 Å². The van der Waals surface area contributed by atoms with Crippen molar-refractivity contribution in [3.63, 3.8) is 0 Å². The summed E-state index contributed by atoms with van der Waals surface area (Å²) in [7, 11) is 0. The molecule has 3 aliphatic carbocycles. The largest absolute Gasteiger partial charge is 0.378 e. The average molecular weight is 293 g/mol. The first kappa shape index (κ1) is 15.8. The molecule has 0 radical (unpaired) electrons. The second-order valence-corrected chi connectivity index (χ2v) is 9.60. The van der Waals surface area contributed by atoms with E-state index in [1.165, 1.54) is 44.9 Å². The van der Waals surface area contributed by atoms with Crippen LogP contribution in [-0.4, -0.2) is 24.8 Å². The molecule has 2 unspecified atom stereocenters. The van der Waals surface area contributed by atoms with Crippen molar-refractivity contribution in [2.24, 2.45) is 16.2 Å². The zero-order valence-electron chi connectivity index (χ0n) is 14.8. The van der Waals surface area contributed by atoms with Gasteiger partial charge in [0.2, 0.25) is 0 Å². The zero-order chi connectivity index (χ0) is 15.3. The number of rotatable bonds is 4. The molecular formula is C19H35NO. The quantitative estimate of drug-likeness (QED) is 0.822. The lowest BCUT2D eigenvalue weighted by molar-refractivity contribution is -0.176. The summed E-state index contributed by atoms with van der Waals surface area (Å²) >= 11 is 0. The van der Waals surface area contributed by atoms with Crippen molar-refractivity contribution in [1.82, 2.24) is 5.32 Å². The topological polar surface area (TPSA) is 21.3 Å². The molecular weight excluding hydrogens is 258 g/mol. The molecule has 0 bridgehead atoms. The highest BCUT2D eigenvalue weighted by Crippen LogP contribution is 2.58. The first-order valence-corrected chi connectivity index (χ1v) is 9.14. The maximum Gasteiger partial charge on any atom is 0.0661 e. The van der Waals surface area contributed by atoms with Crippen molar-refractivity contribution in [2.75, 3.05) is 6.61 Å². The van der Waals surface area contributed by atoms with E-state index in [0.29, 0.717) is 28.4 Å². The Morgan fingerprint density at radius 2 is 1.67 bits per heavy atom. The van der Waals surface area contributed by atoms with E-state index in [4.69, 9.17) is 4.74 Å². The molecule has 1 spiro atoms. The highest BCUT2D eigenvalue weighted by Gasteiger charge is 2.59. The molecule has 0 aliphatic heterocycles. The molecule has 3 fully saturated rings. The summed E-state index contributed by atoms with van der Waals surface area (Å²) in [6.07, 6.45) is 9.98. The highest BCUT2D eigenvalue weighted by atomic mass is 16.5. The molecule has 122 valence electrons. The lowest BCUT2D eigenvalue weighted by Gasteiger charge is -2.62. The summed E-state index contributed by atoms with van der Waals surface area (Å²) in [6.45, 7) is 12.8. The smallest absolute Gasteiger partial charge is 0.0661 e. The van der Waals surface area contributed by atoms with E-state index in [0.717, 1.165) is 12.6 Å². The molecule has 3 saturated carbocycles.